The Balaban J connectivity index is 1.24. The number of rotatable bonds is 4. The second kappa shape index (κ2) is 9.25. The number of amides is 1. The van der Waals surface area contributed by atoms with E-state index in [-0.39, 0.29) is 5.91 Å². The van der Waals surface area contributed by atoms with Crippen LogP contribution in [0.1, 0.15) is 10.4 Å². The number of aromatic nitrogens is 3. The van der Waals surface area contributed by atoms with Crippen LogP contribution in [0.4, 0.5) is 5.82 Å². The van der Waals surface area contributed by atoms with Crippen LogP contribution in [0.2, 0.25) is 10.0 Å². The van der Waals surface area contributed by atoms with Crippen LogP contribution < -0.4 is 4.90 Å². The lowest BCUT2D eigenvalue weighted by molar-refractivity contribution is 0.0746. The zero-order chi connectivity index (χ0) is 22.8. The van der Waals surface area contributed by atoms with Crippen LogP contribution in [-0.4, -0.2) is 51.9 Å². The van der Waals surface area contributed by atoms with Gasteiger partial charge >= 0.3 is 0 Å². The number of nitrogens with one attached hydrogen (secondary N) is 1. The molecule has 1 N–H and O–H groups in total. The molecule has 2 aromatic heterocycles. The maximum absolute atomic E-state index is 12.7. The molecule has 33 heavy (non-hydrogen) atoms. The van der Waals surface area contributed by atoms with Crippen LogP contribution in [0.3, 0.4) is 0 Å². The first-order valence-electron chi connectivity index (χ1n) is 10.6. The van der Waals surface area contributed by atoms with E-state index < -0.39 is 0 Å². The molecule has 166 valence electrons. The number of anilines is 1. The highest BCUT2D eigenvalue weighted by Gasteiger charge is 2.22. The van der Waals surface area contributed by atoms with Gasteiger partial charge in [-0.1, -0.05) is 47.5 Å². The van der Waals surface area contributed by atoms with Crippen molar-refractivity contribution in [2.75, 3.05) is 31.1 Å². The number of aromatic amines is 1. The van der Waals surface area contributed by atoms with E-state index in [1.807, 2.05) is 65.8 Å². The number of hydrogen-bond acceptors (Lipinski definition) is 4. The summed E-state index contributed by atoms with van der Waals surface area (Å²) in [4.78, 5) is 29.3. The predicted octanol–water partition coefficient (Wildman–Crippen LogP) is 5.41. The van der Waals surface area contributed by atoms with Gasteiger partial charge in [0, 0.05) is 55.3 Å². The largest absolute Gasteiger partial charge is 0.353 e. The molecular weight excluding hydrogens is 457 g/mol. The Kier molecular flexibility index (Phi) is 6.03. The van der Waals surface area contributed by atoms with Crippen LogP contribution >= 0.6 is 23.2 Å². The number of benzene rings is 2. The average molecular weight is 478 g/mol. The zero-order valence-corrected chi connectivity index (χ0v) is 19.2. The predicted molar refractivity (Wildman–Crippen MR) is 132 cm³/mol. The summed E-state index contributed by atoms with van der Waals surface area (Å²) in [5.41, 5.74) is 3.29. The van der Waals surface area contributed by atoms with Crippen LogP contribution in [0, 0.1) is 0 Å². The van der Waals surface area contributed by atoms with Crippen LogP contribution in [0.15, 0.2) is 73.1 Å². The van der Waals surface area contributed by atoms with E-state index >= 15 is 0 Å². The van der Waals surface area contributed by atoms with Crippen molar-refractivity contribution in [1.29, 1.82) is 0 Å². The fourth-order valence-electron chi connectivity index (χ4n) is 3.89. The standard InChI is InChI=1S/C25H21Cl2N5O/c26-20-8-6-18(14-21(20)27)22-16-29-24(30-22)19-7-9-23(28-15-19)31-10-12-32(13-11-31)25(33)17-4-2-1-3-5-17/h1-9,14-16H,10-13H2,(H,29,30). The summed E-state index contributed by atoms with van der Waals surface area (Å²) >= 11 is 12.1. The quantitative estimate of drug-likeness (QED) is 0.426. The number of halogens is 2. The summed E-state index contributed by atoms with van der Waals surface area (Å²) in [6.07, 6.45) is 3.65. The SMILES string of the molecule is O=C(c1ccccc1)N1CCN(c2ccc(-c3nc(-c4ccc(Cl)c(Cl)c4)c[nH]3)cn2)CC1. The summed E-state index contributed by atoms with van der Waals surface area (Å²) in [6.45, 7) is 2.82. The van der Waals surface area contributed by atoms with Crippen molar-refractivity contribution in [3.63, 3.8) is 0 Å². The maximum atomic E-state index is 12.7. The minimum absolute atomic E-state index is 0.0779. The van der Waals surface area contributed by atoms with Crippen molar-refractivity contribution in [1.82, 2.24) is 19.9 Å². The summed E-state index contributed by atoms with van der Waals surface area (Å²) in [6, 6.07) is 18.9. The number of carbonyl (C=O) groups excluding carboxylic acids is 1. The van der Waals surface area contributed by atoms with Gasteiger partial charge < -0.3 is 14.8 Å². The van der Waals surface area contributed by atoms with Crippen molar-refractivity contribution >= 4 is 34.9 Å². The molecule has 8 heteroatoms. The summed E-state index contributed by atoms with van der Waals surface area (Å²) < 4.78 is 0. The zero-order valence-electron chi connectivity index (χ0n) is 17.7. The van der Waals surface area contributed by atoms with Gasteiger partial charge in [0.2, 0.25) is 0 Å². The summed E-state index contributed by atoms with van der Waals surface area (Å²) in [7, 11) is 0. The van der Waals surface area contributed by atoms with Crippen molar-refractivity contribution in [2.45, 2.75) is 0 Å². The van der Waals surface area contributed by atoms with E-state index in [9.17, 15) is 4.79 Å². The molecule has 0 unspecified atom stereocenters. The number of H-pyrrole nitrogens is 1. The Morgan fingerprint density at radius 2 is 1.64 bits per heavy atom. The first-order valence-corrected chi connectivity index (χ1v) is 11.4. The highest BCUT2D eigenvalue weighted by Crippen LogP contribution is 2.29. The molecule has 3 heterocycles. The van der Waals surface area contributed by atoms with E-state index in [4.69, 9.17) is 23.2 Å². The lowest BCUT2D eigenvalue weighted by atomic mass is 10.2. The fraction of sp³-hybridized carbons (Fsp3) is 0.160. The minimum Gasteiger partial charge on any atom is -0.353 e. The second-order valence-corrected chi connectivity index (χ2v) is 8.63. The second-order valence-electron chi connectivity index (χ2n) is 7.81. The van der Waals surface area contributed by atoms with Crippen LogP contribution in [-0.2, 0) is 0 Å². The van der Waals surface area contributed by atoms with Gasteiger partial charge in [-0.25, -0.2) is 9.97 Å². The fourth-order valence-corrected chi connectivity index (χ4v) is 4.19. The number of nitrogens with zero attached hydrogens (tertiary/aromatic N) is 4. The van der Waals surface area contributed by atoms with E-state index in [0.717, 1.165) is 47.1 Å². The van der Waals surface area contributed by atoms with E-state index in [1.165, 1.54) is 0 Å². The molecule has 1 aliphatic rings. The topological polar surface area (TPSA) is 65.1 Å². The number of hydrogen-bond donors (Lipinski definition) is 1. The third kappa shape index (κ3) is 4.58. The first-order chi connectivity index (χ1) is 16.1. The highest BCUT2D eigenvalue weighted by atomic mass is 35.5. The van der Waals surface area contributed by atoms with Gasteiger partial charge in [-0.3, -0.25) is 4.79 Å². The molecule has 0 bridgehead atoms. The molecule has 4 aromatic rings. The van der Waals surface area contributed by atoms with Gasteiger partial charge in [-0.15, -0.1) is 0 Å². The van der Waals surface area contributed by atoms with Gasteiger partial charge in [-0.05, 0) is 36.4 Å². The van der Waals surface area contributed by atoms with Crippen molar-refractivity contribution in [3.05, 3.63) is 88.7 Å². The molecule has 1 fully saturated rings. The number of imidazole rings is 1. The average Bonchev–Trinajstić information content (AvgIpc) is 3.36. The Morgan fingerprint density at radius 3 is 2.33 bits per heavy atom. The smallest absolute Gasteiger partial charge is 0.253 e. The van der Waals surface area contributed by atoms with Gasteiger partial charge in [0.25, 0.3) is 5.91 Å². The highest BCUT2D eigenvalue weighted by molar-refractivity contribution is 6.42. The molecule has 0 atom stereocenters. The normalized spacial score (nSPS) is 13.9. The van der Waals surface area contributed by atoms with E-state index in [0.29, 0.717) is 23.1 Å². The molecule has 6 nitrogen and oxygen atoms in total. The molecule has 0 spiro atoms. The van der Waals surface area contributed by atoms with Crippen molar-refractivity contribution in [3.8, 4) is 22.6 Å². The summed E-state index contributed by atoms with van der Waals surface area (Å²) in [5, 5.41) is 1.01. The summed E-state index contributed by atoms with van der Waals surface area (Å²) in [5.74, 6) is 1.70. The Morgan fingerprint density at radius 1 is 0.879 bits per heavy atom. The van der Waals surface area contributed by atoms with Gasteiger partial charge in [0.1, 0.15) is 11.6 Å². The minimum atomic E-state index is 0.0779. The monoisotopic (exact) mass is 477 g/mol. The third-order valence-electron chi connectivity index (χ3n) is 5.73. The van der Waals surface area contributed by atoms with Gasteiger partial charge in [0.05, 0.1) is 15.7 Å². The van der Waals surface area contributed by atoms with E-state index in [2.05, 4.69) is 19.9 Å². The molecule has 2 aromatic carbocycles. The molecule has 1 aliphatic heterocycles. The van der Waals surface area contributed by atoms with Gasteiger partial charge in [0.15, 0.2) is 0 Å². The van der Waals surface area contributed by atoms with Crippen molar-refractivity contribution < 1.29 is 4.79 Å². The van der Waals surface area contributed by atoms with Crippen LogP contribution in [0.25, 0.3) is 22.6 Å². The first kappa shape index (κ1) is 21.5. The lowest BCUT2D eigenvalue weighted by Crippen LogP contribution is -2.49. The maximum Gasteiger partial charge on any atom is 0.253 e. The lowest BCUT2D eigenvalue weighted by Gasteiger charge is -2.35. The Hall–Kier alpha value is -3.35. The number of carbonyl (C=O) groups is 1. The molecule has 0 saturated carbocycles. The number of pyridine rings is 1. The van der Waals surface area contributed by atoms with Crippen molar-refractivity contribution in [2.24, 2.45) is 0 Å². The molecule has 5 rings (SSSR count). The molecule has 1 saturated heterocycles. The Bertz CT molecular complexity index is 1270. The molecule has 0 radical (unpaired) electrons. The molecular formula is C25H21Cl2N5O. The van der Waals surface area contributed by atoms with E-state index in [1.54, 1.807) is 12.1 Å². The molecule has 1 amide bonds. The Labute approximate surface area is 201 Å². The third-order valence-corrected chi connectivity index (χ3v) is 6.47. The molecule has 0 aliphatic carbocycles. The number of piperazine rings is 1. The van der Waals surface area contributed by atoms with Crippen LogP contribution in [0.5, 0.6) is 0 Å². The van der Waals surface area contributed by atoms with Gasteiger partial charge in [-0.2, -0.15) is 0 Å².